The molecular formula is C12H23NO4S. The zero-order valence-corrected chi connectivity index (χ0v) is 12.6. The zero-order chi connectivity index (χ0) is 14.2. The fourth-order valence-corrected chi connectivity index (χ4v) is 1.74. The van der Waals surface area contributed by atoms with Crippen LogP contribution in [0.5, 0.6) is 0 Å². The Labute approximate surface area is 113 Å². The maximum Gasteiger partial charge on any atom is 0.322 e. The Balaban J connectivity index is 4.17. The highest BCUT2D eigenvalue weighted by Crippen LogP contribution is 2.07. The van der Waals surface area contributed by atoms with Crippen LogP contribution in [0, 0.1) is 0 Å². The molecule has 0 saturated heterocycles. The van der Waals surface area contributed by atoms with E-state index in [1.807, 2.05) is 6.26 Å². The summed E-state index contributed by atoms with van der Waals surface area (Å²) in [5, 5.41) is 2.87. The van der Waals surface area contributed by atoms with Crippen molar-refractivity contribution in [3.63, 3.8) is 0 Å². The van der Waals surface area contributed by atoms with E-state index in [-0.39, 0.29) is 18.5 Å². The van der Waals surface area contributed by atoms with E-state index in [4.69, 9.17) is 4.74 Å². The second kappa shape index (κ2) is 8.37. The zero-order valence-electron chi connectivity index (χ0n) is 11.7. The van der Waals surface area contributed by atoms with Crippen molar-refractivity contribution < 1.29 is 19.1 Å². The molecule has 5 nitrogen and oxygen atoms in total. The van der Waals surface area contributed by atoms with E-state index in [9.17, 15) is 9.59 Å². The lowest BCUT2D eigenvalue weighted by Crippen LogP contribution is -2.42. The fourth-order valence-electron chi connectivity index (χ4n) is 1.27. The molecule has 0 radical (unpaired) electrons. The Morgan fingerprint density at radius 1 is 1.33 bits per heavy atom. The first-order chi connectivity index (χ1) is 8.30. The topological polar surface area (TPSA) is 64.6 Å². The van der Waals surface area contributed by atoms with E-state index in [1.54, 1.807) is 32.5 Å². The molecule has 0 aliphatic carbocycles. The molecule has 1 unspecified atom stereocenters. The Morgan fingerprint density at radius 2 is 1.94 bits per heavy atom. The summed E-state index contributed by atoms with van der Waals surface area (Å²) < 4.78 is 9.83. The van der Waals surface area contributed by atoms with Gasteiger partial charge < -0.3 is 9.47 Å². The van der Waals surface area contributed by atoms with Crippen LogP contribution in [0.25, 0.3) is 0 Å². The second-order valence-electron chi connectivity index (χ2n) is 4.82. The van der Waals surface area contributed by atoms with Gasteiger partial charge in [-0.15, -0.1) is 0 Å². The summed E-state index contributed by atoms with van der Waals surface area (Å²) in [6.45, 7) is 5.41. The van der Waals surface area contributed by atoms with Gasteiger partial charge in [-0.25, -0.2) is 0 Å². The van der Waals surface area contributed by atoms with Crippen LogP contribution in [0.15, 0.2) is 0 Å². The van der Waals surface area contributed by atoms with Gasteiger partial charge in [0.2, 0.25) is 0 Å². The van der Waals surface area contributed by atoms with Crippen LogP contribution in [0.4, 0.5) is 0 Å². The monoisotopic (exact) mass is 277 g/mol. The van der Waals surface area contributed by atoms with Gasteiger partial charge in [-0.2, -0.15) is 11.8 Å². The molecule has 0 aromatic heterocycles. The molecule has 1 N–H and O–H groups in total. The summed E-state index contributed by atoms with van der Waals surface area (Å²) in [6.07, 6.45) is 2.58. The van der Waals surface area contributed by atoms with Gasteiger partial charge in [-0.05, 0) is 39.2 Å². The lowest BCUT2D eigenvalue weighted by atomic mass is 10.2. The number of thioether (sulfide) groups is 1. The first-order valence-electron chi connectivity index (χ1n) is 5.82. The first kappa shape index (κ1) is 17.2. The highest BCUT2D eigenvalue weighted by Gasteiger charge is 2.21. The van der Waals surface area contributed by atoms with Crippen LogP contribution in [-0.2, 0) is 19.1 Å². The lowest BCUT2D eigenvalue weighted by Gasteiger charge is -2.21. The van der Waals surface area contributed by atoms with E-state index in [0.29, 0.717) is 6.42 Å². The molecule has 0 amide bonds. The number of carbonyl (C=O) groups is 2. The van der Waals surface area contributed by atoms with Crippen LogP contribution >= 0.6 is 11.8 Å². The van der Waals surface area contributed by atoms with Crippen molar-refractivity contribution in [3.8, 4) is 0 Å². The largest absolute Gasteiger partial charge is 0.468 e. The number of nitrogens with one attached hydrogen (secondary N) is 1. The number of carbonyl (C=O) groups excluding carboxylic acids is 2. The van der Waals surface area contributed by atoms with Gasteiger partial charge in [0, 0.05) is 0 Å². The average Bonchev–Trinajstić information content (AvgIpc) is 2.26. The van der Waals surface area contributed by atoms with Crippen molar-refractivity contribution in [2.24, 2.45) is 0 Å². The van der Waals surface area contributed by atoms with Crippen LogP contribution in [0.3, 0.4) is 0 Å². The maximum absolute atomic E-state index is 11.5. The van der Waals surface area contributed by atoms with Crippen molar-refractivity contribution >= 4 is 23.7 Å². The molecule has 0 aliphatic heterocycles. The minimum absolute atomic E-state index is 0.00537. The van der Waals surface area contributed by atoms with Crippen molar-refractivity contribution in [1.82, 2.24) is 5.32 Å². The molecule has 0 aromatic carbocycles. The van der Waals surface area contributed by atoms with Crippen LogP contribution in [0.1, 0.15) is 27.2 Å². The summed E-state index contributed by atoms with van der Waals surface area (Å²) in [7, 11) is 1.34. The van der Waals surface area contributed by atoms with Crippen molar-refractivity contribution in [1.29, 1.82) is 0 Å². The van der Waals surface area contributed by atoms with Crippen LogP contribution < -0.4 is 5.32 Å². The van der Waals surface area contributed by atoms with E-state index in [0.717, 1.165) is 5.75 Å². The van der Waals surface area contributed by atoms with Crippen molar-refractivity contribution in [2.45, 2.75) is 38.8 Å². The second-order valence-corrected chi connectivity index (χ2v) is 5.81. The Kier molecular flexibility index (Phi) is 8.02. The SMILES string of the molecule is COC(=O)C(CCSC)NCC(=O)OC(C)(C)C. The van der Waals surface area contributed by atoms with Gasteiger partial charge in [0.05, 0.1) is 13.7 Å². The summed E-state index contributed by atoms with van der Waals surface area (Å²) in [5.74, 6) is 0.0920. The fraction of sp³-hybridized carbons (Fsp3) is 0.833. The van der Waals surface area contributed by atoms with Gasteiger partial charge >= 0.3 is 11.9 Å². The van der Waals surface area contributed by atoms with E-state index < -0.39 is 11.6 Å². The predicted molar refractivity (Wildman–Crippen MR) is 72.7 cm³/mol. The molecule has 0 fully saturated rings. The van der Waals surface area contributed by atoms with Gasteiger partial charge in [0.1, 0.15) is 11.6 Å². The third-order valence-corrected chi connectivity index (χ3v) is 2.65. The molecule has 0 heterocycles. The third kappa shape index (κ3) is 8.36. The number of ether oxygens (including phenoxy) is 2. The number of hydrogen-bond donors (Lipinski definition) is 1. The predicted octanol–water partition coefficient (Wildman–Crippen LogP) is 1.21. The van der Waals surface area contributed by atoms with Crippen molar-refractivity contribution in [3.05, 3.63) is 0 Å². The quantitative estimate of drug-likeness (QED) is 0.706. The summed E-state index contributed by atoms with van der Waals surface area (Å²) in [4.78, 5) is 23.0. The average molecular weight is 277 g/mol. The van der Waals surface area contributed by atoms with Crippen LogP contribution in [-0.4, -0.2) is 49.2 Å². The smallest absolute Gasteiger partial charge is 0.322 e. The van der Waals surface area contributed by atoms with E-state index in [1.165, 1.54) is 7.11 Å². The standard InChI is InChI=1S/C12H23NO4S/c1-12(2,3)17-10(14)8-13-9(6-7-18-5)11(15)16-4/h9,13H,6-8H2,1-5H3. The summed E-state index contributed by atoms with van der Waals surface area (Å²) in [5.41, 5.74) is -0.515. The number of esters is 2. The Bertz CT molecular complexity index is 276. The molecule has 0 aromatic rings. The molecule has 0 aliphatic rings. The highest BCUT2D eigenvalue weighted by atomic mass is 32.2. The lowest BCUT2D eigenvalue weighted by molar-refractivity contribution is -0.154. The summed E-state index contributed by atoms with van der Waals surface area (Å²) >= 11 is 1.64. The number of hydrogen-bond acceptors (Lipinski definition) is 6. The third-order valence-electron chi connectivity index (χ3n) is 2.01. The maximum atomic E-state index is 11.5. The van der Waals surface area contributed by atoms with E-state index >= 15 is 0 Å². The highest BCUT2D eigenvalue weighted by molar-refractivity contribution is 7.98. The Morgan fingerprint density at radius 3 is 2.39 bits per heavy atom. The normalized spacial score (nSPS) is 12.9. The molecule has 0 rings (SSSR count). The minimum Gasteiger partial charge on any atom is -0.468 e. The van der Waals surface area contributed by atoms with E-state index in [2.05, 4.69) is 10.1 Å². The van der Waals surface area contributed by atoms with Crippen molar-refractivity contribution in [2.75, 3.05) is 25.7 Å². The first-order valence-corrected chi connectivity index (χ1v) is 7.21. The van der Waals surface area contributed by atoms with Gasteiger partial charge in [0.15, 0.2) is 0 Å². The molecule has 1 atom stereocenters. The molecule has 106 valence electrons. The minimum atomic E-state index is -0.515. The molecule has 18 heavy (non-hydrogen) atoms. The molecular weight excluding hydrogens is 254 g/mol. The van der Waals surface area contributed by atoms with Gasteiger partial charge in [0.25, 0.3) is 0 Å². The molecule has 0 spiro atoms. The summed E-state index contributed by atoms with van der Waals surface area (Å²) in [6, 6.07) is -0.463. The molecule has 0 bridgehead atoms. The van der Waals surface area contributed by atoms with Gasteiger partial charge in [-0.3, -0.25) is 14.9 Å². The molecule has 0 saturated carbocycles. The van der Waals surface area contributed by atoms with Crippen LogP contribution in [0.2, 0.25) is 0 Å². The number of methoxy groups -OCH3 is 1. The van der Waals surface area contributed by atoms with Gasteiger partial charge in [-0.1, -0.05) is 0 Å². The Hall–Kier alpha value is -0.750. The number of rotatable bonds is 7. The molecule has 6 heteroatoms.